The largest absolute Gasteiger partial charge is 0.330 e. The molecule has 0 aliphatic heterocycles. The summed E-state index contributed by atoms with van der Waals surface area (Å²) in [6.07, 6.45) is 3.09. The highest BCUT2D eigenvalue weighted by Gasteiger charge is 2.01. The first-order valence-electron chi connectivity index (χ1n) is 2.78. The van der Waals surface area contributed by atoms with Gasteiger partial charge in [0.2, 0.25) is 0 Å². The van der Waals surface area contributed by atoms with Gasteiger partial charge in [-0.25, -0.2) is 0 Å². The van der Waals surface area contributed by atoms with E-state index in [1.807, 2.05) is 0 Å². The van der Waals surface area contributed by atoms with Gasteiger partial charge in [-0.1, -0.05) is 12.2 Å². The van der Waals surface area contributed by atoms with Crippen LogP contribution in [0.15, 0.2) is 25.3 Å². The monoisotopic (exact) mass is 162 g/mol. The molecule has 3 nitrogen and oxygen atoms in total. The van der Waals surface area contributed by atoms with Crippen molar-refractivity contribution in [2.75, 3.05) is 13.2 Å². The molecule has 0 unspecified atom stereocenters. The van der Waals surface area contributed by atoms with Crippen LogP contribution < -0.4 is 0 Å². The Morgan fingerprint density at radius 2 is 1.60 bits per heavy atom. The molecule has 0 aromatic rings. The standard InChI is InChI=1S/C6H11O3P/c1-3-5-8-10(7)9-6-4-2/h3-4,7H,1-2,5-6H2. The van der Waals surface area contributed by atoms with E-state index in [1.54, 1.807) is 12.2 Å². The van der Waals surface area contributed by atoms with Crippen molar-refractivity contribution in [3.63, 3.8) is 0 Å². The van der Waals surface area contributed by atoms with Crippen LogP contribution in [-0.4, -0.2) is 18.1 Å². The van der Waals surface area contributed by atoms with Gasteiger partial charge in [-0.15, -0.1) is 13.2 Å². The van der Waals surface area contributed by atoms with E-state index in [1.165, 1.54) is 0 Å². The number of hydrogen-bond donors (Lipinski definition) is 1. The Morgan fingerprint density at radius 3 is 1.90 bits per heavy atom. The summed E-state index contributed by atoms with van der Waals surface area (Å²) in [5, 5.41) is 0. The summed E-state index contributed by atoms with van der Waals surface area (Å²) in [4.78, 5) is 8.84. The van der Waals surface area contributed by atoms with Crippen molar-refractivity contribution in [1.82, 2.24) is 0 Å². The summed E-state index contributed by atoms with van der Waals surface area (Å²) in [6, 6.07) is 0. The van der Waals surface area contributed by atoms with Gasteiger partial charge in [0.05, 0.1) is 13.2 Å². The Morgan fingerprint density at radius 1 is 1.20 bits per heavy atom. The highest BCUT2D eigenvalue weighted by Crippen LogP contribution is 2.31. The highest BCUT2D eigenvalue weighted by molar-refractivity contribution is 7.40. The number of rotatable bonds is 6. The molecule has 0 aromatic heterocycles. The highest BCUT2D eigenvalue weighted by atomic mass is 31.2. The molecule has 4 heteroatoms. The van der Waals surface area contributed by atoms with Crippen LogP contribution in [0.4, 0.5) is 0 Å². The molecule has 0 saturated carbocycles. The van der Waals surface area contributed by atoms with Crippen molar-refractivity contribution in [2.45, 2.75) is 0 Å². The van der Waals surface area contributed by atoms with Gasteiger partial charge < -0.3 is 13.9 Å². The van der Waals surface area contributed by atoms with Crippen molar-refractivity contribution in [3.8, 4) is 0 Å². The van der Waals surface area contributed by atoms with Crippen molar-refractivity contribution in [3.05, 3.63) is 25.3 Å². The molecule has 0 aromatic carbocycles. The molecule has 0 aliphatic rings. The second-order valence-electron chi connectivity index (χ2n) is 1.41. The molecule has 0 atom stereocenters. The first kappa shape index (κ1) is 9.79. The normalized spacial score (nSPS) is 9.80. The molecule has 0 amide bonds. The Balaban J connectivity index is 3.15. The van der Waals surface area contributed by atoms with Crippen LogP contribution in [0.1, 0.15) is 0 Å². The molecule has 0 aliphatic carbocycles. The lowest BCUT2D eigenvalue weighted by atomic mass is 10.7. The first-order valence-corrected chi connectivity index (χ1v) is 3.91. The molecule has 0 heterocycles. The van der Waals surface area contributed by atoms with Crippen LogP contribution in [0.3, 0.4) is 0 Å². The van der Waals surface area contributed by atoms with Crippen LogP contribution in [-0.2, 0) is 9.05 Å². The Labute approximate surface area is 62.0 Å². The lowest BCUT2D eigenvalue weighted by Gasteiger charge is -2.06. The van der Waals surface area contributed by atoms with Crippen LogP contribution in [0.2, 0.25) is 0 Å². The minimum absolute atomic E-state index is 0.305. The topological polar surface area (TPSA) is 38.7 Å². The van der Waals surface area contributed by atoms with Crippen molar-refractivity contribution in [1.29, 1.82) is 0 Å². The Bertz CT molecular complexity index is 93.2. The fourth-order valence-electron chi connectivity index (χ4n) is 0.270. The molecule has 0 spiro atoms. The second kappa shape index (κ2) is 6.90. The maximum Gasteiger partial charge on any atom is 0.330 e. The maximum atomic E-state index is 8.84. The zero-order valence-corrected chi connectivity index (χ0v) is 6.59. The fourth-order valence-corrected chi connectivity index (χ4v) is 0.811. The average molecular weight is 162 g/mol. The van der Waals surface area contributed by atoms with E-state index in [4.69, 9.17) is 13.9 Å². The average Bonchev–Trinajstić information content (AvgIpc) is 1.97. The third-order valence-corrected chi connectivity index (χ3v) is 1.35. The fraction of sp³-hybridized carbons (Fsp3) is 0.333. The SMILES string of the molecule is C=CCOP(O)OCC=C. The summed E-state index contributed by atoms with van der Waals surface area (Å²) in [5.41, 5.74) is 0. The van der Waals surface area contributed by atoms with Gasteiger partial charge in [0.15, 0.2) is 0 Å². The van der Waals surface area contributed by atoms with Crippen LogP contribution in [0, 0.1) is 0 Å². The second-order valence-corrected chi connectivity index (χ2v) is 2.40. The van der Waals surface area contributed by atoms with Crippen molar-refractivity contribution in [2.24, 2.45) is 0 Å². The lowest BCUT2D eigenvalue weighted by Crippen LogP contribution is -1.89. The first-order chi connectivity index (χ1) is 4.81. The van der Waals surface area contributed by atoms with E-state index in [-0.39, 0.29) is 0 Å². The van der Waals surface area contributed by atoms with E-state index in [0.29, 0.717) is 13.2 Å². The summed E-state index contributed by atoms with van der Waals surface area (Å²) in [5.74, 6) is 0. The summed E-state index contributed by atoms with van der Waals surface area (Å²) in [6.45, 7) is 7.43. The van der Waals surface area contributed by atoms with E-state index in [2.05, 4.69) is 13.2 Å². The van der Waals surface area contributed by atoms with Gasteiger partial charge in [-0.05, 0) is 0 Å². The smallest absolute Gasteiger partial charge is 0.328 e. The van der Waals surface area contributed by atoms with Gasteiger partial charge in [0, 0.05) is 0 Å². The molecular weight excluding hydrogens is 151 g/mol. The minimum atomic E-state index is -1.73. The maximum absolute atomic E-state index is 8.84. The van der Waals surface area contributed by atoms with E-state index in [0.717, 1.165) is 0 Å². The van der Waals surface area contributed by atoms with Gasteiger partial charge in [-0.3, -0.25) is 0 Å². The quantitative estimate of drug-likeness (QED) is 0.476. The van der Waals surface area contributed by atoms with E-state index >= 15 is 0 Å². The molecule has 1 N–H and O–H groups in total. The molecule has 0 bridgehead atoms. The predicted molar refractivity (Wildman–Crippen MR) is 41.4 cm³/mol. The van der Waals surface area contributed by atoms with Crippen LogP contribution in [0.25, 0.3) is 0 Å². The van der Waals surface area contributed by atoms with E-state index in [9.17, 15) is 0 Å². The third-order valence-electron chi connectivity index (χ3n) is 0.606. The van der Waals surface area contributed by atoms with Gasteiger partial charge in [0.25, 0.3) is 0 Å². The molecule has 0 fully saturated rings. The Hall–Kier alpha value is -0.210. The Kier molecular flexibility index (Phi) is 6.76. The molecule has 0 radical (unpaired) electrons. The van der Waals surface area contributed by atoms with Gasteiger partial charge >= 0.3 is 8.60 Å². The molecule has 58 valence electrons. The minimum Gasteiger partial charge on any atom is -0.328 e. The van der Waals surface area contributed by atoms with E-state index < -0.39 is 8.60 Å². The number of hydrogen-bond acceptors (Lipinski definition) is 3. The van der Waals surface area contributed by atoms with Crippen LogP contribution >= 0.6 is 8.60 Å². The lowest BCUT2D eigenvalue weighted by molar-refractivity contribution is 0.232. The van der Waals surface area contributed by atoms with Crippen LogP contribution in [0.5, 0.6) is 0 Å². The predicted octanol–water partition coefficient (Wildman–Crippen LogP) is 1.61. The van der Waals surface area contributed by atoms with Gasteiger partial charge in [-0.2, -0.15) is 0 Å². The molecule has 0 saturated heterocycles. The zero-order chi connectivity index (χ0) is 7.82. The summed E-state index contributed by atoms with van der Waals surface area (Å²) in [7, 11) is -1.73. The summed E-state index contributed by atoms with van der Waals surface area (Å²) < 4.78 is 9.45. The summed E-state index contributed by atoms with van der Waals surface area (Å²) >= 11 is 0. The molecule has 10 heavy (non-hydrogen) atoms. The van der Waals surface area contributed by atoms with Gasteiger partial charge in [0.1, 0.15) is 0 Å². The van der Waals surface area contributed by atoms with Crippen molar-refractivity contribution < 1.29 is 13.9 Å². The zero-order valence-electron chi connectivity index (χ0n) is 5.69. The van der Waals surface area contributed by atoms with Crippen molar-refractivity contribution >= 4 is 8.60 Å². The molecular formula is C6H11O3P. The third kappa shape index (κ3) is 5.92. The molecule has 0 rings (SSSR count).